The summed E-state index contributed by atoms with van der Waals surface area (Å²) in [6.45, 7) is 1.26. The van der Waals surface area contributed by atoms with E-state index >= 15 is 0 Å². The number of benzene rings is 2. The van der Waals surface area contributed by atoms with E-state index in [-0.39, 0.29) is 22.9 Å². The number of halogens is 1. The number of nitro benzene ring substituents is 1. The highest BCUT2D eigenvalue weighted by Gasteiger charge is 2.37. The van der Waals surface area contributed by atoms with Crippen LogP contribution in [-0.4, -0.2) is 34.1 Å². The number of carbonyl (C=O) groups excluding carboxylic acids is 3. The highest BCUT2D eigenvalue weighted by Crippen LogP contribution is 2.26. The zero-order valence-corrected chi connectivity index (χ0v) is 14.9. The molecular weight excluding hydrogens is 374 g/mol. The van der Waals surface area contributed by atoms with Crippen LogP contribution in [0.5, 0.6) is 0 Å². The third-order valence-electron chi connectivity index (χ3n) is 4.19. The van der Waals surface area contributed by atoms with Gasteiger partial charge >= 0.3 is 0 Å². The average Bonchev–Trinajstić information content (AvgIpc) is 2.86. The Morgan fingerprint density at radius 2 is 1.89 bits per heavy atom. The van der Waals surface area contributed by atoms with Crippen LogP contribution in [0.25, 0.3) is 0 Å². The molecule has 0 saturated carbocycles. The molecule has 138 valence electrons. The molecule has 2 aromatic rings. The molecule has 1 N–H and O–H groups in total. The van der Waals surface area contributed by atoms with Gasteiger partial charge in [0.05, 0.1) is 22.1 Å². The maximum Gasteiger partial charge on any atom is 0.270 e. The van der Waals surface area contributed by atoms with Gasteiger partial charge in [0, 0.05) is 17.2 Å². The van der Waals surface area contributed by atoms with E-state index in [1.54, 1.807) is 31.2 Å². The Labute approximate surface area is 158 Å². The standard InChI is InChI=1S/C18H14ClN3O5/c1-10(11-3-2-4-12(19)7-11)20-16(23)9-21-17(24)14-6-5-13(22(26)27)8-15(14)18(21)25/h2-8,10H,9H2,1H3,(H,20,23)/t10-/m1/s1. The molecule has 3 rings (SSSR count). The van der Waals surface area contributed by atoms with E-state index in [1.807, 2.05) is 0 Å². The van der Waals surface area contributed by atoms with Gasteiger partial charge < -0.3 is 5.32 Å². The van der Waals surface area contributed by atoms with Gasteiger partial charge in [0.2, 0.25) is 5.91 Å². The summed E-state index contributed by atoms with van der Waals surface area (Å²) in [6, 6.07) is 9.98. The Hall–Kier alpha value is -3.26. The first-order chi connectivity index (χ1) is 12.8. The molecule has 1 aliphatic heterocycles. The van der Waals surface area contributed by atoms with Crippen LogP contribution in [-0.2, 0) is 4.79 Å². The number of non-ortho nitro benzene ring substituents is 1. The topological polar surface area (TPSA) is 110 Å². The van der Waals surface area contributed by atoms with Gasteiger partial charge in [-0.15, -0.1) is 0 Å². The van der Waals surface area contributed by atoms with Crippen LogP contribution in [0.2, 0.25) is 5.02 Å². The number of fused-ring (bicyclic) bond motifs is 1. The summed E-state index contributed by atoms with van der Waals surface area (Å²) in [5, 5.41) is 14.1. The number of imide groups is 1. The van der Waals surface area contributed by atoms with Crippen LogP contribution in [0.1, 0.15) is 39.2 Å². The Kier molecular flexibility index (Phi) is 4.91. The lowest BCUT2D eigenvalue weighted by atomic mass is 10.1. The van der Waals surface area contributed by atoms with Gasteiger partial charge in [-0.05, 0) is 30.7 Å². The molecule has 0 saturated heterocycles. The predicted molar refractivity (Wildman–Crippen MR) is 96.5 cm³/mol. The molecule has 0 aliphatic carbocycles. The van der Waals surface area contributed by atoms with Gasteiger partial charge in [0.1, 0.15) is 6.54 Å². The largest absolute Gasteiger partial charge is 0.348 e. The zero-order chi connectivity index (χ0) is 19.7. The van der Waals surface area contributed by atoms with E-state index in [0.717, 1.165) is 22.6 Å². The van der Waals surface area contributed by atoms with Crippen LogP contribution in [0.4, 0.5) is 5.69 Å². The van der Waals surface area contributed by atoms with Crippen molar-refractivity contribution in [2.75, 3.05) is 6.54 Å². The summed E-state index contributed by atoms with van der Waals surface area (Å²) in [5.41, 5.74) is 0.441. The zero-order valence-electron chi connectivity index (χ0n) is 14.1. The summed E-state index contributed by atoms with van der Waals surface area (Å²) in [7, 11) is 0. The van der Waals surface area contributed by atoms with Crippen LogP contribution in [0.3, 0.4) is 0 Å². The number of nitrogens with one attached hydrogen (secondary N) is 1. The molecule has 2 aromatic carbocycles. The van der Waals surface area contributed by atoms with Gasteiger partial charge in [-0.25, -0.2) is 0 Å². The highest BCUT2D eigenvalue weighted by molar-refractivity contribution is 6.30. The van der Waals surface area contributed by atoms with Gasteiger partial charge in [-0.2, -0.15) is 0 Å². The number of carbonyl (C=O) groups is 3. The molecular formula is C18H14ClN3O5. The normalized spacial score (nSPS) is 14.1. The summed E-state index contributed by atoms with van der Waals surface area (Å²) in [6.07, 6.45) is 0. The summed E-state index contributed by atoms with van der Waals surface area (Å²) in [5.74, 6) is -1.92. The lowest BCUT2D eigenvalue weighted by Gasteiger charge is -2.18. The van der Waals surface area contributed by atoms with Gasteiger partial charge in [-0.3, -0.25) is 29.4 Å². The van der Waals surface area contributed by atoms with Crippen molar-refractivity contribution in [3.05, 3.63) is 74.3 Å². The SMILES string of the molecule is C[C@@H](NC(=O)CN1C(=O)c2ccc([N+](=O)[O-])cc2C1=O)c1cccc(Cl)c1. The number of rotatable bonds is 5. The van der Waals surface area contributed by atoms with Crippen molar-refractivity contribution in [2.24, 2.45) is 0 Å². The molecule has 0 fully saturated rings. The molecule has 8 nitrogen and oxygen atoms in total. The van der Waals surface area contributed by atoms with Crippen molar-refractivity contribution in [2.45, 2.75) is 13.0 Å². The quantitative estimate of drug-likeness (QED) is 0.482. The Morgan fingerprint density at radius 1 is 1.19 bits per heavy atom. The number of amides is 3. The molecule has 27 heavy (non-hydrogen) atoms. The minimum Gasteiger partial charge on any atom is -0.348 e. The molecule has 0 unspecified atom stereocenters. The van der Waals surface area contributed by atoms with Crippen molar-refractivity contribution >= 4 is 35.0 Å². The maximum absolute atomic E-state index is 12.4. The second kappa shape index (κ2) is 7.16. The van der Waals surface area contributed by atoms with E-state index in [2.05, 4.69) is 5.32 Å². The van der Waals surface area contributed by atoms with Crippen LogP contribution < -0.4 is 5.32 Å². The smallest absolute Gasteiger partial charge is 0.270 e. The predicted octanol–water partition coefficient (Wildman–Crippen LogP) is 2.72. The van der Waals surface area contributed by atoms with Crippen molar-refractivity contribution in [1.29, 1.82) is 0 Å². The Balaban J connectivity index is 1.72. The van der Waals surface area contributed by atoms with E-state index in [9.17, 15) is 24.5 Å². The first kappa shape index (κ1) is 18.5. The lowest BCUT2D eigenvalue weighted by Crippen LogP contribution is -2.41. The number of nitrogens with zero attached hydrogens (tertiary/aromatic N) is 2. The first-order valence-electron chi connectivity index (χ1n) is 7.97. The van der Waals surface area contributed by atoms with Gasteiger partial charge in [0.25, 0.3) is 17.5 Å². The molecule has 0 aromatic heterocycles. The summed E-state index contributed by atoms with van der Waals surface area (Å²) < 4.78 is 0. The third-order valence-corrected chi connectivity index (χ3v) is 4.43. The molecule has 9 heteroatoms. The molecule has 1 atom stereocenters. The minimum atomic E-state index is -0.732. The van der Waals surface area contributed by atoms with E-state index in [1.165, 1.54) is 6.07 Å². The Bertz CT molecular complexity index is 975. The highest BCUT2D eigenvalue weighted by atomic mass is 35.5. The molecule has 1 aliphatic rings. The lowest BCUT2D eigenvalue weighted by molar-refractivity contribution is -0.384. The van der Waals surface area contributed by atoms with Gasteiger partial charge in [-0.1, -0.05) is 23.7 Å². The molecule has 0 spiro atoms. The van der Waals surface area contributed by atoms with E-state index < -0.39 is 29.2 Å². The first-order valence-corrected chi connectivity index (χ1v) is 8.35. The number of hydrogen-bond acceptors (Lipinski definition) is 5. The molecule has 1 heterocycles. The second-order valence-corrected chi connectivity index (χ2v) is 6.46. The third kappa shape index (κ3) is 3.65. The monoisotopic (exact) mass is 387 g/mol. The maximum atomic E-state index is 12.4. The van der Waals surface area contributed by atoms with Crippen molar-refractivity contribution in [1.82, 2.24) is 10.2 Å². The van der Waals surface area contributed by atoms with Gasteiger partial charge in [0.15, 0.2) is 0 Å². The van der Waals surface area contributed by atoms with Crippen molar-refractivity contribution in [3.8, 4) is 0 Å². The van der Waals surface area contributed by atoms with Crippen LogP contribution in [0, 0.1) is 10.1 Å². The molecule has 3 amide bonds. The average molecular weight is 388 g/mol. The minimum absolute atomic E-state index is 0.0429. The number of hydrogen-bond donors (Lipinski definition) is 1. The van der Waals surface area contributed by atoms with E-state index in [4.69, 9.17) is 11.6 Å². The number of nitro groups is 1. The fourth-order valence-electron chi connectivity index (χ4n) is 2.83. The molecule has 0 radical (unpaired) electrons. The van der Waals surface area contributed by atoms with Crippen molar-refractivity contribution in [3.63, 3.8) is 0 Å². The summed E-state index contributed by atoms with van der Waals surface area (Å²) >= 11 is 5.93. The van der Waals surface area contributed by atoms with Crippen LogP contribution >= 0.6 is 11.6 Å². The van der Waals surface area contributed by atoms with E-state index in [0.29, 0.717) is 5.02 Å². The Morgan fingerprint density at radius 3 is 2.56 bits per heavy atom. The second-order valence-electron chi connectivity index (χ2n) is 6.03. The van der Waals surface area contributed by atoms with Crippen molar-refractivity contribution < 1.29 is 19.3 Å². The summed E-state index contributed by atoms with van der Waals surface area (Å²) in [4.78, 5) is 48.0. The molecule has 0 bridgehead atoms. The fraction of sp³-hybridized carbons (Fsp3) is 0.167. The fourth-order valence-corrected chi connectivity index (χ4v) is 3.02. The van der Waals surface area contributed by atoms with Crippen LogP contribution in [0.15, 0.2) is 42.5 Å².